The second-order valence-corrected chi connectivity index (χ2v) is 9.89. The monoisotopic (exact) mass is 501 g/mol. The molecule has 1 saturated heterocycles. The van der Waals surface area contributed by atoms with Crippen molar-refractivity contribution < 1.29 is 34.7 Å². The summed E-state index contributed by atoms with van der Waals surface area (Å²) in [6, 6.07) is 0. The lowest BCUT2D eigenvalue weighted by molar-refractivity contribution is -0.348. The number of ether oxygens (including phenoxy) is 2. The zero-order chi connectivity index (χ0) is 25.9. The van der Waals surface area contributed by atoms with Crippen molar-refractivity contribution >= 4 is 5.91 Å². The van der Waals surface area contributed by atoms with Crippen LogP contribution in [-0.2, 0) is 14.3 Å². The molecule has 0 radical (unpaired) electrons. The van der Waals surface area contributed by atoms with Gasteiger partial charge in [0.05, 0.1) is 13.2 Å². The maximum absolute atomic E-state index is 11.8. The van der Waals surface area contributed by atoms with Gasteiger partial charge in [0.2, 0.25) is 11.7 Å². The van der Waals surface area contributed by atoms with Gasteiger partial charge in [-0.3, -0.25) is 4.79 Å². The molecule has 0 bridgehead atoms. The molecule has 0 aromatic rings. The van der Waals surface area contributed by atoms with Crippen LogP contribution in [0, 0.1) is 5.92 Å². The van der Waals surface area contributed by atoms with Crippen molar-refractivity contribution in [3.05, 3.63) is 12.2 Å². The third-order valence-electron chi connectivity index (χ3n) is 6.90. The van der Waals surface area contributed by atoms with Crippen LogP contribution >= 0.6 is 0 Å². The van der Waals surface area contributed by atoms with Crippen molar-refractivity contribution in [2.45, 2.75) is 127 Å². The van der Waals surface area contributed by atoms with Gasteiger partial charge in [0.1, 0.15) is 24.9 Å². The molecule has 0 aromatic heterocycles. The molecule has 8 nitrogen and oxygen atoms in total. The van der Waals surface area contributed by atoms with Crippen LogP contribution in [-0.4, -0.2) is 70.3 Å². The molecule has 6 N–H and O–H groups in total. The lowest BCUT2D eigenvalue weighted by Gasteiger charge is -2.43. The minimum absolute atomic E-state index is 0.120. The zero-order valence-corrected chi connectivity index (χ0v) is 21.8. The average molecular weight is 502 g/mol. The summed E-state index contributed by atoms with van der Waals surface area (Å²) in [7, 11) is 0. The highest BCUT2D eigenvalue weighted by molar-refractivity contribution is 5.76. The van der Waals surface area contributed by atoms with Gasteiger partial charge in [-0.2, -0.15) is 0 Å². The van der Waals surface area contributed by atoms with Gasteiger partial charge in [-0.05, 0) is 44.9 Å². The maximum atomic E-state index is 11.8. The fourth-order valence-electron chi connectivity index (χ4n) is 4.48. The van der Waals surface area contributed by atoms with Crippen LogP contribution in [0.15, 0.2) is 12.2 Å². The summed E-state index contributed by atoms with van der Waals surface area (Å²) in [4.78, 5) is 11.8. The largest absolute Gasteiger partial charge is 0.391 e. The number of nitrogens with two attached hydrogens (primary N) is 1. The van der Waals surface area contributed by atoms with E-state index in [1.807, 2.05) is 0 Å². The fourth-order valence-corrected chi connectivity index (χ4v) is 4.48. The third-order valence-corrected chi connectivity index (χ3v) is 6.90. The number of aliphatic hydroxyl groups excluding tert-OH is 4. The van der Waals surface area contributed by atoms with Crippen LogP contribution in [0.2, 0.25) is 0 Å². The van der Waals surface area contributed by atoms with Crippen molar-refractivity contribution in [3.8, 4) is 0 Å². The minimum atomic E-state index is -1.77. The Bertz CT molecular complexity index is 574. The first-order chi connectivity index (χ1) is 16.9. The number of carbonyl (C=O) groups excluding carboxylic acids is 1. The van der Waals surface area contributed by atoms with E-state index >= 15 is 0 Å². The van der Waals surface area contributed by atoms with Crippen molar-refractivity contribution in [2.75, 3.05) is 19.8 Å². The number of amides is 1. The molecule has 1 fully saturated rings. The van der Waals surface area contributed by atoms with Crippen LogP contribution in [0.1, 0.15) is 103 Å². The summed E-state index contributed by atoms with van der Waals surface area (Å²) in [5.74, 6) is -2.35. The number of rotatable bonds is 21. The van der Waals surface area contributed by atoms with Crippen LogP contribution in [0.5, 0.6) is 0 Å². The van der Waals surface area contributed by atoms with E-state index in [0.29, 0.717) is 12.8 Å². The first kappa shape index (κ1) is 32.0. The van der Waals surface area contributed by atoms with Crippen molar-refractivity contribution in [1.29, 1.82) is 0 Å². The number of allylic oxidation sites excluding steroid dienone is 2. The summed E-state index contributed by atoms with van der Waals surface area (Å²) >= 11 is 0. The molecule has 206 valence electrons. The Morgan fingerprint density at radius 2 is 1.54 bits per heavy atom. The van der Waals surface area contributed by atoms with Gasteiger partial charge in [0.15, 0.2) is 0 Å². The lowest BCUT2D eigenvalue weighted by Crippen LogP contribution is -2.63. The second kappa shape index (κ2) is 19.1. The molecule has 5 atom stereocenters. The van der Waals surface area contributed by atoms with E-state index in [1.54, 1.807) is 0 Å². The van der Waals surface area contributed by atoms with Gasteiger partial charge in [-0.25, -0.2) is 0 Å². The van der Waals surface area contributed by atoms with E-state index in [2.05, 4.69) is 19.1 Å². The van der Waals surface area contributed by atoms with E-state index in [9.17, 15) is 25.2 Å². The number of primary amides is 1. The molecule has 35 heavy (non-hydrogen) atoms. The van der Waals surface area contributed by atoms with E-state index in [4.69, 9.17) is 15.2 Å². The number of hydrogen-bond donors (Lipinski definition) is 5. The summed E-state index contributed by atoms with van der Waals surface area (Å²) in [5.41, 5.74) is 5.57. The van der Waals surface area contributed by atoms with Crippen LogP contribution in [0.3, 0.4) is 0 Å². The molecule has 0 spiro atoms. The van der Waals surface area contributed by atoms with Crippen LogP contribution < -0.4 is 5.73 Å². The molecular weight excluding hydrogens is 450 g/mol. The molecule has 1 amide bonds. The number of aliphatic hydroxyl groups is 4. The van der Waals surface area contributed by atoms with Gasteiger partial charge in [0.25, 0.3) is 0 Å². The molecule has 1 aliphatic heterocycles. The summed E-state index contributed by atoms with van der Waals surface area (Å²) in [6.07, 6.45) is 16.7. The SMILES string of the molecule is CCCCCCCC/C=C\CCCCCCC(CCCO[C@]1(CO)OC[C@@H](O)[C@@H](O)[C@@H]1O)C(N)=O. The normalized spacial score (nSPS) is 25.8. The maximum Gasteiger partial charge on any atom is 0.221 e. The lowest BCUT2D eigenvalue weighted by atomic mass is 9.95. The Balaban J connectivity index is 2.13. The molecule has 0 aliphatic carbocycles. The molecule has 0 aromatic carbocycles. The molecule has 8 heteroatoms. The second-order valence-electron chi connectivity index (χ2n) is 9.89. The topological polar surface area (TPSA) is 142 Å². The number of unbranched alkanes of at least 4 members (excludes halogenated alkanes) is 10. The standard InChI is InChI=1S/C27H51NO7/c1-2-3-4-5-6-7-8-9-10-11-12-13-14-15-17-22(26(28)33)18-16-19-34-27(21-29)25(32)24(31)23(30)20-35-27/h9-10,22-25,29-32H,2-8,11-21H2,1H3,(H2,28,33)/b10-9-/t22?,23-,24-,25+,27-/m1/s1. The summed E-state index contributed by atoms with van der Waals surface area (Å²) in [6.45, 7) is 1.45. The highest BCUT2D eigenvalue weighted by Gasteiger charge is 2.50. The molecule has 1 unspecified atom stereocenters. The Kier molecular flexibility index (Phi) is 17.5. The highest BCUT2D eigenvalue weighted by atomic mass is 16.7. The highest BCUT2D eigenvalue weighted by Crippen LogP contribution is 2.28. The quantitative estimate of drug-likeness (QED) is 0.120. The number of hydrogen-bond acceptors (Lipinski definition) is 7. The molecule has 1 heterocycles. The van der Waals surface area contributed by atoms with Gasteiger partial charge in [-0.15, -0.1) is 0 Å². The fraction of sp³-hybridized carbons (Fsp3) is 0.889. The van der Waals surface area contributed by atoms with Gasteiger partial charge < -0.3 is 35.6 Å². The summed E-state index contributed by atoms with van der Waals surface area (Å²) in [5, 5.41) is 39.2. The van der Waals surface area contributed by atoms with Crippen LogP contribution in [0.25, 0.3) is 0 Å². The van der Waals surface area contributed by atoms with Gasteiger partial charge >= 0.3 is 0 Å². The van der Waals surface area contributed by atoms with Gasteiger partial charge in [-0.1, -0.05) is 70.4 Å². The predicted molar refractivity (Wildman–Crippen MR) is 136 cm³/mol. The smallest absolute Gasteiger partial charge is 0.221 e. The Morgan fingerprint density at radius 3 is 2.14 bits per heavy atom. The number of carbonyl (C=O) groups is 1. The Morgan fingerprint density at radius 1 is 0.971 bits per heavy atom. The average Bonchev–Trinajstić information content (AvgIpc) is 2.85. The van der Waals surface area contributed by atoms with E-state index in [-0.39, 0.29) is 25.0 Å². The van der Waals surface area contributed by atoms with E-state index in [1.165, 1.54) is 44.9 Å². The Hall–Kier alpha value is -1.03. The predicted octanol–water partition coefficient (Wildman–Crippen LogP) is 3.33. The zero-order valence-electron chi connectivity index (χ0n) is 21.8. The van der Waals surface area contributed by atoms with Gasteiger partial charge in [0, 0.05) is 5.92 Å². The molecular formula is C27H51NO7. The minimum Gasteiger partial charge on any atom is -0.391 e. The first-order valence-corrected chi connectivity index (χ1v) is 13.7. The van der Waals surface area contributed by atoms with E-state index in [0.717, 1.165) is 38.5 Å². The Labute approximate surface area is 211 Å². The first-order valence-electron chi connectivity index (χ1n) is 13.7. The molecule has 1 aliphatic rings. The van der Waals surface area contributed by atoms with Crippen molar-refractivity contribution in [3.63, 3.8) is 0 Å². The third kappa shape index (κ3) is 12.7. The van der Waals surface area contributed by atoms with Crippen LogP contribution in [0.4, 0.5) is 0 Å². The summed E-state index contributed by atoms with van der Waals surface area (Å²) < 4.78 is 10.8. The molecule has 0 saturated carbocycles. The molecule has 1 rings (SSSR count). The van der Waals surface area contributed by atoms with Crippen molar-refractivity contribution in [1.82, 2.24) is 0 Å². The van der Waals surface area contributed by atoms with Crippen molar-refractivity contribution in [2.24, 2.45) is 11.7 Å². The van der Waals surface area contributed by atoms with E-state index < -0.39 is 30.7 Å².